The van der Waals surface area contributed by atoms with Crippen LogP contribution in [0, 0.1) is 13.8 Å². The third-order valence-electron chi connectivity index (χ3n) is 4.01. The first kappa shape index (κ1) is 21.1. The van der Waals surface area contributed by atoms with E-state index >= 15 is 0 Å². The van der Waals surface area contributed by atoms with E-state index in [1.165, 1.54) is 23.1 Å². The lowest BCUT2D eigenvalue weighted by molar-refractivity contribution is -0.115. The van der Waals surface area contributed by atoms with Crippen LogP contribution in [-0.4, -0.2) is 43.2 Å². The Kier molecular flexibility index (Phi) is 6.70. The van der Waals surface area contributed by atoms with Crippen molar-refractivity contribution in [2.75, 3.05) is 12.4 Å². The van der Waals surface area contributed by atoms with E-state index < -0.39 is 0 Å². The maximum atomic E-state index is 12.4. The molecule has 0 spiro atoms. The predicted molar refractivity (Wildman–Crippen MR) is 112 cm³/mol. The second-order valence-corrected chi connectivity index (χ2v) is 8.77. The molecule has 154 valence electrons. The summed E-state index contributed by atoms with van der Waals surface area (Å²) in [6, 6.07) is 5.73. The molecule has 3 aromatic rings. The van der Waals surface area contributed by atoms with Gasteiger partial charge in [0.2, 0.25) is 11.0 Å². The molecule has 0 radical (unpaired) electrons. The van der Waals surface area contributed by atoms with Gasteiger partial charge in [-0.3, -0.25) is 10.1 Å². The summed E-state index contributed by atoms with van der Waals surface area (Å²) in [7, 11) is 3.44. The van der Waals surface area contributed by atoms with Gasteiger partial charge in [0.1, 0.15) is 11.6 Å². The number of aromatic nitrogens is 5. The molecular formula is C18H22N6O3S2. The average molecular weight is 435 g/mol. The van der Waals surface area contributed by atoms with Gasteiger partial charge >= 0.3 is 0 Å². The van der Waals surface area contributed by atoms with Gasteiger partial charge in [0, 0.05) is 7.05 Å². The molecule has 1 N–H and O–H groups in total. The number of amides is 1. The number of thioether (sulfide) groups is 1. The van der Waals surface area contributed by atoms with E-state index in [1.54, 1.807) is 14.0 Å². The molecule has 0 aliphatic carbocycles. The summed E-state index contributed by atoms with van der Waals surface area (Å²) >= 11 is 2.64. The Bertz CT molecular complexity index is 1000. The van der Waals surface area contributed by atoms with E-state index in [4.69, 9.17) is 9.47 Å². The first-order valence-corrected chi connectivity index (χ1v) is 10.5. The van der Waals surface area contributed by atoms with Crippen LogP contribution >= 0.6 is 23.1 Å². The van der Waals surface area contributed by atoms with Crippen LogP contribution in [0.25, 0.3) is 0 Å². The number of hydrogen-bond donors (Lipinski definition) is 1. The Labute approximate surface area is 176 Å². The van der Waals surface area contributed by atoms with Crippen molar-refractivity contribution >= 4 is 34.1 Å². The summed E-state index contributed by atoms with van der Waals surface area (Å²) < 4.78 is 13.0. The second kappa shape index (κ2) is 9.23. The van der Waals surface area contributed by atoms with Crippen LogP contribution in [0.4, 0.5) is 5.13 Å². The quantitative estimate of drug-likeness (QED) is 0.540. The molecule has 1 amide bonds. The van der Waals surface area contributed by atoms with Crippen LogP contribution < -0.4 is 14.8 Å². The number of aryl methyl sites for hydroxylation is 2. The molecule has 0 unspecified atom stereocenters. The zero-order valence-corrected chi connectivity index (χ0v) is 18.4. The van der Waals surface area contributed by atoms with Crippen LogP contribution in [-0.2, 0) is 18.4 Å². The zero-order chi connectivity index (χ0) is 21.0. The first-order valence-electron chi connectivity index (χ1n) is 8.80. The number of anilines is 1. The van der Waals surface area contributed by atoms with Crippen molar-refractivity contribution in [3.05, 3.63) is 34.6 Å². The SMILES string of the molecule is COc1cc(C)ccc1OCc1nnc(S[C@@H](C)C(=O)Nc2nnc(C)s2)n1C. The van der Waals surface area contributed by atoms with E-state index in [0.717, 1.165) is 10.6 Å². The molecule has 2 heterocycles. The van der Waals surface area contributed by atoms with E-state index in [9.17, 15) is 4.79 Å². The topological polar surface area (TPSA) is 104 Å². The van der Waals surface area contributed by atoms with Gasteiger partial charge in [0.05, 0.1) is 12.4 Å². The number of hydrogen-bond acceptors (Lipinski definition) is 9. The molecule has 0 bridgehead atoms. The third kappa shape index (κ3) is 5.24. The Morgan fingerprint density at radius 3 is 2.72 bits per heavy atom. The van der Waals surface area contributed by atoms with Crippen LogP contribution in [0.2, 0.25) is 0 Å². The normalized spacial score (nSPS) is 11.9. The van der Waals surface area contributed by atoms with Crippen molar-refractivity contribution in [2.24, 2.45) is 7.05 Å². The van der Waals surface area contributed by atoms with Crippen LogP contribution in [0.5, 0.6) is 11.5 Å². The Hall–Kier alpha value is -2.66. The number of benzene rings is 1. The van der Waals surface area contributed by atoms with Crippen molar-refractivity contribution in [1.82, 2.24) is 25.0 Å². The van der Waals surface area contributed by atoms with Gasteiger partial charge in [-0.25, -0.2) is 0 Å². The van der Waals surface area contributed by atoms with Crippen LogP contribution in [0.1, 0.15) is 23.3 Å². The highest BCUT2D eigenvalue weighted by Gasteiger charge is 2.20. The fourth-order valence-corrected chi connectivity index (χ4v) is 3.80. The lowest BCUT2D eigenvalue weighted by Gasteiger charge is -2.12. The standard InChI is InChI=1S/C18H22N6O3S2/c1-10-6-7-13(14(8-10)26-5)27-9-15-21-23-18(24(15)4)28-11(2)16(25)19-17-22-20-12(3)29-17/h6-8,11H,9H2,1-5H3,(H,19,22,25)/t11-/m0/s1. The molecule has 0 saturated heterocycles. The number of carbonyl (C=O) groups excluding carboxylic acids is 1. The number of nitrogens with one attached hydrogen (secondary N) is 1. The molecule has 0 saturated carbocycles. The minimum Gasteiger partial charge on any atom is -0.493 e. The molecule has 29 heavy (non-hydrogen) atoms. The fourth-order valence-electron chi connectivity index (χ4n) is 2.38. The van der Waals surface area contributed by atoms with E-state index in [1.807, 2.05) is 43.7 Å². The van der Waals surface area contributed by atoms with Gasteiger partial charge in [-0.1, -0.05) is 29.2 Å². The monoisotopic (exact) mass is 434 g/mol. The van der Waals surface area contributed by atoms with Gasteiger partial charge in [-0.2, -0.15) is 0 Å². The lowest BCUT2D eigenvalue weighted by atomic mass is 10.2. The molecule has 2 aromatic heterocycles. The lowest BCUT2D eigenvalue weighted by Crippen LogP contribution is -2.22. The minimum atomic E-state index is -0.381. The molecular weight excluding hydrogens is 412 g/mol. The average Bonchev–Trinajstić information content (AvgIpc) is 3.26. The van der Waals surface area contributed by atoms with E-state index in [0.29, 0.717) is 27.6 Å². The van der Waals surface area contributed by atoms with Crippen LogP contribution in [0.15, 0.2) is 23.4 Å². The molecule has 0 aliphatic heterocycles. The first-order chi connectivity index (χ1) is 13.9. The highest BCUT2D eigenvalue weighted by atomic mass is 32.2. The summed E-state index contributed by atoms with van der Waals surface area (Å²) in [5.41, 5.74) is 1.09. The zero-order valence-electron chi connectivity index (χ0n) is 16.8. The largest absolute Gasteiger partial charge is 0.493 e. The van der Waals surface area contributed by atoms with Crippen molar-refractivity contribution in [3.8, 4) is 11.5 Å². The summed E-state index contributed by atoms with van der Waals surface area (Å²) in [5.74, 6) is 1.77. The third-order valence-corrected chi connectivity index (χ3v) is 5.90. The number of methoxy groups -OCH3 is 1. The number of ether oxygens (including phenoxy) is 2. The molecule has 11 heteroatoms. The van der Waals surface area contributed by atoms with E-state index in [2.05, 4.69) is 25.7 Å². The molecule has 1 atom stereocenters. The van der Waals surface area contributed by atoms with Gasteiger partial charge in [0.15, 0.2) is 22.5 Å². The van der Waals surface area contributed by atoms with Crippen molar-refractivity contribution in [1.29, 1.82) is 0 Å². The minimum absolute atomic E-state index is 0.170. The molecule has 0 fully saturated rings. The van der Waals surface area contributed by atoms with Gasteiger partial charge in [-0.15, -0.1) is 20.4 Å². The smallest absolute Gasteiger partial charge is 0.239 e. The van der Waals surface area contributed by atoms with E-state index in [-0.39, 0.29) is 17.8 Å². The highest BCUT2D eigenvalue weighted by Crippen LogP contribution is 2.29. The maximum Gasteiger partial charge on any atom is 0.239 e. The number of rotatable bonds is 8. The predicted octanol–water partition coefficient (Wildman–Crippen LogP) is 2.99. The molecule has 9 nitrogen and oxygen atoms in total. The number of carbonyl (C=O) groups is 1. The Morgan fingerprint density at radius 2 is 2.03 bits per heavy atom. The van der Waals surface area contributed by atoms with Gasteiger partial charge in [0.25, 0.3) is 0 Å². The maximum absolute atomic E-state index is 12.4. The van der Waals surface area contributed by atoms with Crippen molar-refractivity contribution in [2.45, 2.75) is 37.8 Å². The second-order valence-electron chi connectivity index (χ2n) is 6.28. The van der Waals surface area contributed by atoms with Crippen molar-refractivity contribution in [3.63, 3.8) is 0 Å². The van der Waals surface area contributed by atoms with Gasteiger partial charge in [-0.05, 0) is 38.5 Å². The van der Waals surface area contributed by atoms with Gasteiger partial charge < -0.3 is 14.0 Å². The summed E-state index contributed by atoms with van der Waals surface area (Å²) in [4.78, 5) is 12.4. The molecule has 3 rings (SSSR count). The molecule has 1 aromatic carbocycles. The summed E-state index contributed by atoms with van der Waals surface area (Å²) in [5, 5.41) is 20.4. The van der Waals surface area contributed by atoms with Crippen LogP contribution in [0.3, 0.4) is 0 Å². The molecule has 0 aliphatic rings. The summed E-state index contributed by atoms with van der Waals surface area (Å²) in [6.45, 7) is 5.85. The Morgan fingerprint density at radius 1 is 1.24 bits per heavy atom. The number of nitrogens with zero attached hydrogens (tertiary/aromatic N) is 5. The highest BCUT2D eigenvalue weighted by molar-refractivity contribution is 8.00. The Balaban J connectivity index is 1.61. The van der Waals surface area contributed by atoms with Crippen molar-refractivity contribution < 1.29 is 14.3 Å². The summed E-state index contributed by atoms with van der Waals surface area (Å²) in [6.07, 6.45) is 0. The fraction of sp³-hybridized carbons (Fsp3) is 0.389.